The van der Waals surface area contributed by atoms with Crippen LogP contribution in [-0.2, 0) is 17.8 Å². The summed E-state index contributed by atoms with van der Waals surface area (Å²) in [5.41, 5.74) is 3.35. The number of terminal acetylenes is 1. The lowest BCUT2D eigenvalue weighted by atomic mass is 10.1. The highest BCUT2D eigenvalue weighted by Gasteiger charge is 2.09. The number of hydrogen-bond acceptors (Lipinski definition) is 4. The number of rotatable bonds is 6. The zero-order valence-electron chi connectivity index (χ0n) is 13.2. The van der Waals surface area contributed by atoms with Gasteiger partial charge in [-0.3, -0.25) is 4.90 Å². The van der Waals surface area contributed by atoms with E-state index in [0.717, 1.165) is 56.1 Å². The van der Waals surface area contributed by atoms with E-state index in [4.69, 9.17) is 15.9 Å². The SMILES string of the molecule is C#Cc1cscc1OCc1ccc(CCN2CCOCC2)cc1. The van der Waals surface area contributed by atoms with Crippen LogP contribution in [0.4, 0.5) is 0 Å². The summed E-state index contributed by atoms with van der Waals surface area (Å²) >= 11 is 1.57. The molecule has 1 aromatic carbocycles. The second-order valence-corrected chi connectivity index (χ2v) is 6.35. The van der Waals surface area contributed by atoms with Gasteiger partial charge in [-0.15, -0.1) is 17.8 Å². The molecule has 0 spiro atoms. The molecule has 120 valence electrons. The Hall–Kier alpha value is -1.80. The Morgan fingerprint density at radius 2 is 1.87 bits per heavy atom. The van der Waals surface area contributed by atoms with Gasteiger partial charge in [0.2, 0.25) is 0 Å². The molecule has 0 N–H and O–H groups in total. The molecular weight excluding hydrogens is 306 g/mol. The molecule has 0 saturated carbocycles. The van der Waals surface area contributed by atoms with Gasteiger partial charge in [0.05, 0.1) is 18.8 Å². The highest BCUT2D eigenvalue weighted by molar-refractivity contribution is 7.08. The smallest absolute Gasteiger partial charge is 0.146 e. The van der Waals surface area contributed by atoms with Gasteiger partial charge >= 0.3 is 0 Å². The van der Waals surface area contributed by atoms with Crippen LogP contribution in [0.25, 0.3) is 0 Å². The molecule has 2 heterocycles. The maximum absolute atomic E-state index is 5.79. The fraction of sp³-hybridized carbons (Fsp3) is 0.368. The summed E-state index contributed by atoms with van der Waals surface area (Å²) in [7, 11) is 0. The lowest BCUT2D eigenvalue weighted by Gasteiger charge is -2.26. The fourth-order valence-electron chi connectivity index (χ4n) is 2.58. The Balaban J connectivity index is 1.48. The molecule has 23 heavy (non-hydrogen) atoms. The van der Waals surface area contributed by atoms with Crippen molar-refractivity contribution < 1.29 is 9.47 Å². The molecule has 0 aliphatic carbocycles. The van der Waals surface area contributed by atoms with Crippen LogP contribution in [0, 0.1) is 12.3 Å². The highest BCUT2D eigenvalue weighted by Crippen LogP contribution is 2.23. The molecule has 3 nitrogen and oxygen atoms in total. The minimum atomic E-state index is 0.551. The van der Waals surface area contributed by atoms with Crippen LogP contribution in [0.3, 0.4) is 0 Å². The third-order valence-electron chi connectivity index (χ3n) is 4.02. The second-order valence-electron chi connectivity index (χ2n) is 5.60. The summed E-state index contributed by atoms with van der Waals surface area (Å²) in [6.45, 7) is 5.46. The van der Waals surface area contributed by atoms with Gasteiger partial charge in [0.1, 0.15) is 12.4 Å². The summed E-state index contributed by atoms with van der Waals surface area (Å²) in [5, 5.41) is 3.88. The monoisotopic (exact) mass is 327 g/mol. The summed E-state index contributed by atoms with van der Waals surface area (Å²) in [4.78, 5) is 2.46. The van der Waals surface area contributed by atoms with E-state index in [1.165, 1.54) is 5.56 Å². The molecule has 0 unspecified atom stereocenters. The number of thiophene rings is 1. The van der Waals surface area contributed by atoms with Crippen molar-refractivity contribution in [3.63, 3.8) is 0 Å². The molecule has 3 rings (SSSR count). The molecule has 0 amide bonds. The first-order valence-electron chi connectivity index (χ1n) is 7.88. The predicted molar refractivity (Wildman–Crippen MR) is 94.0 cm³/mol. The lowest BCUT2D eigenvalue weighted by molar-refractivity contribution is 0.0384. The second kappa shape index (κ2) is 8.16. The summed E-state index contributed by atoms with van der Waals surface area (Å²) in [6.07, 6.45) is 6.52. The predicted octanol–water partition coefficient (Wildman–Crippen LogP) is 3.18. The van der Waals surface area contributed by atoms with Crippen LogP contribution < -0.4 is 4.74 Å². The minimum absolute atomic E-state index is 0.551. The molecule has 0 bridgehead atoms. The van der Waals surface area contributed by atoms with Gasteiger partial charge in [0.15, 0.2) is 0 Å². The fourth-order valence-corrected chi connectivity index (χ4v) is 3.28. The Morgan fingerprint density at radius 3 is 2.61 bits per heavy atom. The Labute approximate surface area is 141 Å². The summed E-state index contributed by atoms with van der Waals surface area (Å²) in [5.74, 6) is 3.44. The van der Waals surface area contributed by atoms with Crippen molar-refractivity contribution in [3.05, 3.63) is 51.7 Å². The first kappa shape index (κ1) is 16.1. The van der Waals surface area contributed by atoms with E-state index in [0.29, 0.717) is 6.61 Å². The molecular formula is C19H21NO2S. The molecule has 0 atom stereocenters. The van der Waals surface area contributed by atoms with Gasteiger partial charge in [0.25, 0.3) is 0 Å². The van der Waals surface area contributed by atoms with E-state index in [1.807, 2.05) is 10.8 Å². The average Bonchev–Trinajstić information content (AvgIpc) is 3.07. The van der Waals surface area contributed by atoms with Crippen molar-refractivity contribution in [2.75, 3.05) is 32.8 Å². The zero-order chi connectivity index (χ0) is 15.9. The average molecular weight is 327 g/mol. The maximum Gasteiger partial charge on any atom is 0.146 e. The minimum Gasteiger partial charge on any atom is -0.487 e. The van der Waals surface area contributed by atoms with Gasteiger partial charge in [0, 0.05) is 30.4 Å². The Morgan fingerprint density at radius 1 is 1.13 bits per heavy atom. The van der Waals surface area contributed by atoms with Gasteiger partial charge in [-0.2, -0.15) is 0 Å². The van der Waals surface area contributed by atoms with Crippen molar-refractivity contribution in [1.29, 1.82) is 0 Å². The topological polar surface area (TPSA) is 21.7 Å². The number of benzene rings is 1. The first-order chi connectivity index (χ1) is 11.3. The summed E-state index contributed by atoms with van der Waals surface area (Å²) in [6, 6.07) is 8.65. The molecule has 0 radical (unpaired) electrons. The molecule has 4 heteroatoms. The quantitative estimate of drug-likeness (QED) is 0.761. The third-order valence-corrected chi connectivity index (χ3v) is 4.74. The molecule has 1 fully saturated rings. The largest absolute Gasteiger partial charge is 0.487 e. The molecule has 1 aliphatic heterocycles. The van der Waals surface area contributed by atoms with Crippen LogP contribution in [0.2, 0.25) is 0 Å². The molecule has 1 saturated heterocycles. The van der Waals surface area contributed by atoms with E-state index >= 15 is 0 Å². The van der Waals surface area contributed by atoms with E-state index in [9.17, 15) is 0 Å². The van der Waals surface area contributed by atoms with E-state index in [-0.39, 0.29) is 0 Å². The number of nitrogens with zero attached hydrogens (tertiary/aromatic N) is 1. The van der Waals surface area contributed by atoms with Crippen LogP contribution in [-0.4, -0.2) is 37.7 Å². The first-order valence-corrected chi connectivity index (χ1v) is 8.83. The Kier molecular flexibility index (Phi) is 5.71. The van der Waals surface area contributed by atoms with Crippen molar-refractivity contribution in [3.8, 4) is 18.1 Å². The molecule has 2 aromatic rings. The number of ether oxygens (including phenoxy) is 2. The van der Waals surface area contributed by atoms with E-state index < -0.39 is 0 Å². The molecule has 1 aromatic heterocycles. The van der Waals surface area contributed by atoms with Gasteiger partial charge in [-0.05, 0) is 17.5 Å². The van der Waals surface area contributed by atoms with Crippen LogP contribution in [0.1, 0.15) is 16.7 Å². The van der Waals surface area contributed by atoms with E-state index in [2.05, 4.69) is 35.1 Å². The number of hydrogen-bond donors (Lipinski definition) is 0. The van der Waals surface area contributed by atoms with Crippen molar-refractivity contribution >= 4 is 11.3 Å². The lowest BCUT2D eigenvalue weighted by Crippen LogP contribution is -2.37. The van der Waals surface area contributed by atoms with Crippen molar-refractivity contribution in [2.45, 2.75) is 13.0 Å². The van der Waals surface area contributed by atoms with Crippen LogP contribution in [0.5, 0.6) is 5.75 Å². The van der Waals surface area contributed by atoms with Crippen LogP contribution in [0.15, 0.2) is 35.0 Å². The summed E-state index contributed by atoms with van der Waals surface area (Å²) < 4.78 is 11.2. The van der Waals surface area contributed by atoms with Gasteiger partial charge in [-0.25, -0.2) is 0 Å². The molecule has 1 aliphatic rings. The normalized spacial score (nSPS) is 15.3. The van der Waals surface area contributed by atoms with Crippen molar-refractivity contribution in [1.82, 2.24) is 4.90 Å². The highest BCUT2D eigenvalue weighted by atomic mass is 32.1. The third kappa shape index (κ3) is 4.59. The van der Waals surface area contributed by atoms with E-state index in [1.54, 1.807) is 11.3 Å². The number of morpholine rings is 1. The van der Waals surface area contributed by atoms with Gasteiger partial charge in [-0.1, -0.05) is 30.2 Å². The van der Waals surface area contributed by atoms with Crippen molar-refractivity contribution in [2.24, 2.45) is 0 Å². The zero-order valence-corrected chi connectivity index (χ0v) is 14.0. The van der Waals surface area contributed by atoms with Crippen LogP contribution >= 0.6 is 11.3 Å². The Bertz CT molecular complexity index is 651. The maximum atomic E-state index is 5.79. The van der Waals surface area contributed by atoms with Gasteiger partial charge < -0.3 is 9.47 Å². The standard InChI is InChI=1S/C19H21NO2S/c1-2-18-14-23-15-19(18)22-13-17-5-3-16(4-6-17)7-8-20-9-11-21-12-10-20/h1,3-6,14-15H,7-13H2.